The molecule has 4 heteroatoms. The summed E-state index contributed by atoms with van der Waals surface area (Å²) in [4.78, 5) is 13.2. The molecule has 0 aliphatic carbocycles. The maximum atomic E-state index is 5.24. The molecule has 0 fully saturated rings. The topological polar surface area (TPSA) is 47.9 Å². The van der Waals surface area contributed by atoms with E-state index in [9.17, 15) is 0 Å². The van der Waals surface area contributed by atoms with Crippen LogP contribution in [-0.4, -0.2) is 22.1 Å². The zero-order valence-electron chi connectivity index (χ0n) is 11.0. The maximum absolute atomic E-state index is 5.24. The van der Waals surface area contributed by atoms with E-state index in [1.165, 1.54) is 0 Å². The van der Waals surface area contributed by atoms with Gasteiger partial charge in [0.25, 0.3) is 0 Å². The molecule has 0 bridgehead atoms. The Hall–Kier alpha value is -2.75. The Labute approximate surface area is 117 Å². The third kappa shape index (κ3) is 2.36. The minimum Gasteiger partial charge on any atom is -0.497 e. The highest BCUT2D eigenvalue weighted by Gasteiger charge is 2.10. The predicted molar refractivity (Wildman–Crippen MR) is 77.3 cm³/mol. The van der Waals surface area contributed by atoms with Crippen molar-refractivity contribution in [1.29, 1.82) is 0 Å². The van der Waals surface area contributed by atoms with Crippen molar-refractivity contribution in [3.63, 3.8) is 0 Å². The molecule has 0 amide bonds. The molecule has 0 spiro atoms. The van der Waals surface area contributed by atoms with E-state index in [-0.39, 0.29) is 0 Å². The van der Waals surface area contributed by atoms with Gasteiger partial charge in [0.05, 0.1) is 24.2 Å². The van der Waals surface area contributed by atoms with E-state index in [0.29, 0.717) is 0 Å². The first-order valence-electron chi connectivity index (χ1n) is 6.25. The summed E-state index contributed by atoms with van der Waals surface area (Å²) in [6.45, 7) is 0. The van der Waals surface area contributed by atoms with Crippen molar-refractivity contribution in [2.75, 3.05) is 7.11 Å². The second-order valence-electron chi connectivity index (χ2n) is 4.20. The lowest BCUT2D eigenvalue weighted by atomic mass is 10.1. The lowest BCUT2D eigenvalue weighted by Crippen LogP contribution is -1.93. The molecular formula is C16H13N3O. The second kappa shape index (κ2) is 5.48. The molecule has 3 aromatic rings. The molecule has 0 saturated carbocycles. The molecule has 0 saturated heterocycles. The van der Waals surface area contributed by atoms with Crippen molar-refractivity contribution in [2.24, 2.45) is 0 Å². The molecule has 3 heterocycles. The van der Waals surface area contributed by atoms with Gasteiger partial charge in [0.1, 0.15) is 5.75 Å². The van der Waals surface area contributed by atoms with E-state index < -0.39 is 0 Å². The Kier molecular flexibility index (Phi) is 3.37. The van der Waals surface area contributed by atoms with Crippen LogP contribution in [0.5, 0.6) is 5.75 Å². The molecule has 4 nitrogen and oxygen atoms in total. The Bertz CT molecular complexity index is 714. The van der Waals surface area contributed by atoms with Crippen LogP contribution < -0.4 is 4.74 Å². The molecule has 98 valence electrons. The van der Waals surface area contributed by atoms with Gasteiger partial charge in [-0.25, -0.2) is 0 Å². The second-order valence-corrected chi connectivity index (χ2v) is 4.20. The maximum Gasteiger partial charge on any atom is 0.122 e. The number of methoxy groups -OCH3 is 1. The molecule has 0 radical (unpaired) electrons. The summed E-state index contributed by atoms with van der Waals surface area (Å²) in [6, 6.07) is 13.4. The van der Waals surface area contributed by atoms with Crippen LogP contribution >= 0.6 is 0 Å². The largest absolute Gasteiger partial charge is 0.497 e. The van der Waals surface area contributed by atoms with E-state index in [4.69, 9.17) is 4.74 Å². The van der Waals surface area contributed by atoms with Gasteiger partial charge in [0, 0.05) is 30.2 Å². The zero-order valence-corrected chi connectivity index (χ0v) is 11.0. The average molecular weight is 263 g/mol. The highest BCUT2D eigenvalue weighted by molar-refractivity contribution is 5.77. The molecule has 0 aliphatic rings. The van der Waals surface area contributed by atoms with Crippen molar-refractivity contribution in [3.8, 4) is 28.4 Å². The normalized spacial score (nSPS) is 10.2. The molecule has 3 aromatic heterocycles. The highest BCUT2D eigenvalue weighted by atomic mass is 16.5. The SMILES string of the molecule is COc1ccnc(-c2ncccc2-c2ccccn2)c1. The first kappa shape index (κ1) is 12.3. The standard InChI is InChI=1S/C16H13N3O/c1-20-12-7-10-18-15(11-12)16-13(5-4-9-19-16)14-6-2-3-8-17-14/h2-11H,1H3. The third-order valence-corrected chi connectivity index (χ3v) is 2.96. The summed E-state index contributed by atoms with van der Waals surface area (Å²) in [5.41, 5.74) is 3.39. The molecule has 0 atom stereocenters. The number of aromatic nitrogens is 3. The lowest BCUT2D eigenvalue weighted by molar-refractivity contribution is 0.414. The van der Waals surface area contributed by atoms with E-state index in [1.54, 1.807) is 25.7 Å². The van der Waals surface area contributed by atoms with Crippen molar-refractivity contribution < 1.29 is 4.74 Å². The average Bonchev–Trinajstić information content (AvgIpc) is 2.56. The Morgan fingerprint density at radius 3 is 2.45 bits per heavy atom. The van der Waals surface area contributed by atoms with E-state index in [1.807, 2.05) is 42.5 Å². The number of hydrogen-bond donors (Lipinski definition) is 0. The quantitative estimate of drug-likeness (QED) is 0.728. The van der Waals surface area contributed by atoms with Crippen molar-refractivity contribution in [3.05, 3.63) is 61.1 Å². The van der Waals surface area contributed by atoms with Gasteiger partial charge < -0.3 is 4.74 Å². The smallest absolute Gasteiger partial charge is 0.122 e. The predicted octanol–water partition coefficient (Wildman–Crippen LogP) is 3.21. The fourth-order valence-electron chi connectivity index (χ4n) is 2.01. The van der Waals surface area contributed by atoms with Gasteiger partial charge in [-0.3, -0.25) is 15.0 Å². The first-order valence-corrected chi connectivity index (χ1v) is 6.25. The van der Waals surface area contributed by atoms with Gasteiger partial charge in [0.2, 0.25) is 0 Å². The minimum atomic E-state index is 0.757. The fourth-order valence-corrected chi connectivity index (χ4v) is 2.01. The molecule has 0 aromatic carbocycles. The van der Waals surface area contributed by atoms with E-state index >= 15 is 0 Å². The van der Waals surface area contributed by atoms with Crippen molar-refractivity contribution in [1.82, 2.24) is 15.0 Å². The van der Waals surface area contributed by atoms with Gasteiger partial charge in [-0.2, -0.15) is 0 Å². The van der Waals surface area contributed by atoms with Crippen LogP contribution in [0.2, 0.25) is 0 Å². The monoisotopic (exact) mass is 263 g/mol. The molecule has 0 aliphatic heterocycles. The van der Waals surface area contributed by atoms with Gasteiger partial charge in [-0.15, -0.1) is 0 Å². The highest BCUT2D eigenvalue weighted by Crippen LogP contribution is 2.28. The lowest BCUT2D eigenvalue weighted by Gasteiger charge is -2.08. The molecule has 0 N–H and O–H groups in total. The Balaban J connectivity index is 2.15. The molecule has 20 heavy (non-hydrogen) atoms. The number of pyridine rings is 3. The van der Waals surface area contributed by atoms with Crippen molar-refractivity contribution in [2.45, 2.75) is 0 Å². The Morgan fingerprint density at radius 2 is 1.65 bits per heavy atom. The third-order valence-electron chi connectivity index (χ3n) is 2.96. The summed E-state index contributed by atoms with van der Waals surface area (Å²) in [5, 5.41) is 0. The zero-order chi connectivity index (χ0) is 13.8. The van der Waals surface area contributed by atoms with Crippen LogP contribution in [0.3, 0.4) is 0 Å². The summed E-state index contributed by atoms with van der Waals surface area (Å²) in [6.07, 6.45) is 5.24. The Morgan fingerprint density at radius 1 is 0.800 bits per heavy atom. The summed E-state index contributed by atoms with van der Waals surface area (Å²) >= 11 is 0. The minimum absolute atomic E-state index is 0.757. The number of rotatable bonds is 3. The van der Waals surface area contributed by atoms with Crippen LogP contribution in [0, 0.1) is 0 Å². The molecule has 3 rings (SSSR count). The first-order chi connectivity index (χ1) is 9.88. The summed E-state index contributed by atoms with van der Waals surface area (Å²) in [7, 11) is 1.64. The van der Waals surface area contributed by atoms with Crippen LogP contribution in [0.1, 0.15) is 0 Å². The van der Waals surface area contributed by atoms with Gasteiger partial charge in [-0.05, 0) is 30.3 Å². The van der Waals surface area contributed by atoms with E-state index in [2.05, 4.69) is 15.0 Å². The summed E-state index contributed by atoms with van der Waals surface area (Å²) < 4.78 is 5.24. The number of hydrogen-bond acceptors (Lipinski definition) is 4. The van der Waals surface area contributed by atoms with Gasteiger partial charge in [-0.1, -0.05) is 6.07 Å². The van der Waals surface area contributed by atoms with E-state index in [0.717, 1.165) is 28.4 Å². The van der Waals surface area contributed by atoms with Crippen molar-refractivity contribution >= 4 is 0 Å². The van der Waals surface area contributed by atoms with Crippen LogP contribution in [-0.2, 0) is 0 Å². The fraction of sp³-hybridized carbons (Fsp3) is 0.0625. The van der Waals surface area contributed by atoms with Crippen LogP contribution in [0.4, 0.5) is 0 Å². The summed E-state index contributed by atoms with van der Waals surface area (Å²) in [5.74, 6) is 0.757. The van der Waals surface area contributed by atoms with Crippen LogP contribution in [0.15, 0.2) is 61.1 Å². The van der Waals surface area contributed by atoms with Gasteiger partial charge >= 0.3 is 0 Å². The molecular weight excluding hydrogens is 250 g/mol. The number of nitrogens with zero attached hydrogens (tertiary/aromatic N) is 3. The van der Waals surface area contributed by atoms with Gasteiger partial charge in [0.15, 0.2) is 0 Å². The molecule has 0 unspecified atom stereocenters. The number of ether oxygens (including phenoxy) is 1. The van der Waals surface area contributed by atoms with Crippen LogP contribution in [0.25, 0.3) is 22.6 Å².